The molecule has 18 heavy (non-hydrogen) atoms. The molecular weight excluding hydrogens is 288 g/mol. The van der Waals surface area contributed by atoms with E-state index in [0.717, 1.165) is 17.4 Å². The molecule has 0 amide bonds. The highest BCUT2D eigenvalue weighted by Crippen LogP contribution is 2.32. The van der Waals surface area contributed by atoms with Crippen LogP contribution in [-0.4, -0.2) is 15.1 Å². The number of nitrogens with zero attached hydrogens (tertiary/aromatic N) is 3. The maximum absolute atomic E-state index is 13.8. The Labute approximate surface area is 108 Å². The molecule has 0 saturated heterocycles. The Morgan fingerprint density at radius 2 is 2.11 bits per heavy atom. The third-order valence-corrected chi connectivity index (χ3v) is 3.39. The van der Waals surface area contributed by atoms with Crippen LogP contribution in [0.5, 0.6) is 0 Å². The minimum Gasteiger partial charge on any atom is -0.258 e. The molecule has 0 N–H and O–H groups in total. The number of nitro groups is 1. The summed E-state index contributed by atoms with van der Waals surface area (Å²) < 4.78 is 27.0. The molecule has 0 fully saturated rings. The molecule has 2 aromatic rings. The van der Waals surface area contributed by atoms with E-state index in [1.807, 2.05) is 0 Å². The van der Waals surface area contributed by atoms with E-state index < -0.39 is 22.2 Å². The topological polar surface area (TPSA) is 68.9 Å². The summed E-state index contributed by atoms with van der Waals surface area (Å²) in [5, 5.41) is 18.3. The van der Waals surface area contributed by atoms with Crippen LogP contribution >= 0.6 is 22.9 Å². The molecule has 2 rings (SSSR count). The molecule has 0 atom stereocenters. The molecule has 94 valence electrons. The van der Waals surface area contributed by atoms with Gasteiger partial charge in [0.2, 0.25) is 5.82 Å². The molecule has 0 bridgehead atoms. The molecule has 9 heteroatoms. The third-order valence-electron chi connectivity index (χ3n) is 2.03. The van der Waals surface area contributed by atoms with Crippen molar-refractivity contribution >= 4 is 28.6 Å². The molecule has 1 heterocycles. The summed E-state index contributed by atoms with van der Waals surface area (Å²) in [4.78, 5) is 9.57. The highest BCUT2D eigenvalue weighted by Gasteiger charge is 2.23. The van der Waals surface area contributed by atoms with Crippen molar-refractivity contribution in [1.29, 1.82) is 0 Å². The lowest BCUT2D eigenvalue weighted by atomic mass is 10.2. The number of nitro benzene ring substituents is 1. The Hall–Kier alpha value is -1.67. The van der Waals surface area contributed by atoms with E-state index in [2.05, 4.69) is 10.2 Å². The zero-order valence-electron chi connectivity index (χ0n) is 8.56. The van der Waals surface area contributed by atoms with Gasteiger partial charge in [-0.25, -0.2) is 4.39 Å². The molecule has 0 radical (unpaired) electrons. The lowest BCUT2D eigenvalue weighted by Gasteiger charge is -2.00. The van der Waals surface area contributed by atoms with Crippen molar-refractivity contribution in [2.45, 2.75) is 5.88 Å². The van der Waals surface area contributed by atoms with Crippen LogP contribution in [0.2, 0.25) is 0 Å². The lowest BCUT2D eigenvalue weighted by molar-refractivity contribution is -0.387. The van der Waals surface area contributed by atoms with E-state index >= 15 is 0 Å². The first-order valence-corrected chi connectivity index (χ1v) is 5.90. The number of alkyl halides is 1. The van der Waals surface area contributed by atoms with Crippen LogP contribution in [0.1, 0.15) is 5.01 Å². The van der Waals surface area contributed by atoms with Gasteiger partial charge in [0.15, 0.2) is 5.01 Å². The van der Waals surface area contributed by atoms with Gasteiger partial charge in [-0.2, -0.15) is 4.39 Å². The van der Waals surface area contributed by atoms with Gasteiger partial charge < -0.3 is 0 Å². The average Bonchev–Trinajstić information content (AvgIpc) is 2.79. The summed E-state index contributed by atoms with van der Waals surface area (Å²) in [7, 11) is 0. The van der Waals surface area contributed by atoms with Crippen LogP contribution in [0.3, 0.4) is 0 Å². The summed E-state index contributed by atoms with van der Waals surface area (Å²) in [5.74, 6) is -1.98. The Balaban J connectivity index is 2.60. The van der Waals surface area contributed by atoms with E-state index in [1.165, 1.54) is 0 Å². The second kappa shape index (κ2) is 4.91. The molecule has 1 aromatic heterocycles. The van der Waals surface area contributed by atoms with Crippen LogP contribution in [0.15, 0.2) is 12.1 Å². The van der Waals surface area contributed by atoms with Gasteiger partial charge in [-0.1, -0.05) is 11.3 Å². The number of aromatic nitrogens is 2. The normalized spacial score (nSPS) is 10.6. The Kier molecular flexibility index (Phi) is 3.48. The third kappa shape index (κ3) is 2.29. The molecule has 0 aliphatic rings. The average molecular weight is 292 g/mol. The predicted molar refractivity (Wildman–Crippen MR) is 61.5 cm³/mol. The van der Waals surface area contributed by atoms with Crippen molar-refractivity contribution in [3.8, 4) is 10.6 Å². The van der Waals surface area contributed by atoms with Gasteiger partial charge in [-0.05, 0) is 6.07 Å². The monoisotopic (exact) mass is 291 g/mol. The summed E-state index contributed by atoms with van der Waals surface area (Å²) in [5.41, 5.74) is -1.23. The number of halogens is 3. The fourth-order valence-electron chi connectivity index (χ4n) is 1.28. The maximum atomic E-state index is 13.8. The van der Waals surface area contributed by atoms with Crippen LogP contribution in [0.25, 0.3) is 10.6 Å². The molecule has 5 nitrogen and oxygen atoms in total. The minimum absolute atomic E-state index is 0.0470. The van der Waals surface area contributed by atoms with E-state index in [9.17, 15) is 18.9 Å². The van der Waals surface area contributed by atoms with Crippen molar-refractivity contribution in [3.05, 3.63) is 38.9 Å². The smallest absolute Gasteiger partial charge is 0.258 e. The summed E-state index contributed by atoms with van der Waals surface area (Å²) in [6.07, 6.45) is 0. The first-order valence-electron chi connectivity index (χ1n) is 4.55. The SMILES string of the molecule is O=[N+]([O-])c1cc(F)cc(-c2nnc(CCl)s2)c1F. The summed E-state index contributed by atoms with van der Waals surface area (Å²) in [6, 6.07) is 1.35. The van der Waals surface area contributed by atoms with Crippen LogP contribution in [0, 0.1) is 21.7 Å². The zero-order valence-corrected chi connectivity index (χ0v) is 10.1. The Morgan fingerprint density at radius 1 is 1.39 bits per heavy atom. The first kappa shape index (κ1) is 12.8. The Morgan fingerprint density at radius 3 is 2.67 bits per heavy atom. The van der Waals surface area contributed by atoms with Gasteiger partial charge >= 0.3 is 5.69 Å². The van der Waals surface area contributed by atoms with Gasteiger partial charge in [0.25, 0.3) is 0 Å². The number of hydrogen-bond acceptors (Lipinski definition) is 5. The van der Waals surface area contributed by atoms with Gasteiger partial charge in [-0.15, -0.1) is 21.8 Å². The van der Waals surface area contributed by atoms with Crippen molar-refractivity contribution < 1.29 is 13.7 Å². The highest BCUT2D eigenvalue weighted by molar-refractivity contribution is 7.14. The molecule has 0 aliphatic carbocycles. The molecule has 0 unspecified atom stereocenters. The molecular formula is C9H4ClF2N3O2S. The van der Waals surface area contributed by atoms with Crippen molar-refractivity contribution in [1.82, 2.24) is 10.2 Å². The van der Waals surface area contributed by atoms with E-state index in [-0.39, 0.29) is 16.5 Å². The van der Waals surface area contributed by atoms with Gasteiger partial charge in [0.1, 0.15) is 10.8 Å². The second-order valence-electron chi connectivity index (χ2n) is 3.18. The predicted octanol–water partition coefficient (Wildman–Crippen LogP) is 3.13. The van der Waals surface area contributed by atoms with Crippen LogP contribution in [-0.2, 0) is 5.88 Å². The number of benzene rings is 1. The minimum atomic E-state index is -1.14. The molecule has 0 spiro atoms. The van der Waals surface area contributed by atoms with E-state index in [0.29, 0.717) is 11.1 Å². The fraction of sp³-hybridized carbons (Fsp3) is 0.111. The summed E-state index contributed by atoms with van der Waals surface area (Å²) in [6.45, 7) is 0. The fourth-order valence-corrected chi connectivity index (χ4v) is 2.20. The lowest BCUT2D eigenvalue weighted by Crippen LogP contribution is -1.96. The molecule has 0 aliphatic heterocycles. The molecule has 0 saturated carbocycles. The number of rotatable bonds is 3. The summed E-state index contributed by atoms with van der Waals surface area (Å²) >= 11 is 6.46. The van der Waals surface area contributed by atoms with Crippen LogP contribution in [0.4, 0.5) is 14.5 Å². The molecule has 1 aromatic carbocycles. The van der Waals surface area contributed by atoms with Crippen molar-refractivity contribution in [2.24, 2.45) is 0 Å². The van der Waals surface area contributed by atoms with Gasteiger partial charge in [0, 0.05) is 0 Å². The highest BCUT2D eigenvalue weighted by atomic mass is 35.5. The van der Waals surface area contributed by atoms with Gasteiger partial charge in [0.05, 0.1) is 22.4 Å². The zero-order chi connectivity index (χ0) is 13.3. The Bertz CT molecular complexity index is 620. The van der Waals surface area contributed by atoms with E-state index in [1.54, 1.807) is 0 Å². The number of hydrogen-bond donors (Lipinski definition) is 0. The van der Waals surface area contributed by atoms with Crippen molar-refractivity contribution in [2.75, 3.05) is 0 Å². The standard InChI is InChI=1S/C9H4ClF2N3O2S/c10-3-7-13-14-9(18-7)5-1-4(11)2-6(8(5)12)15(16)17/h1-2H,3H2. The van der Waals surface area contributed by atoms with Crippen LogP contribution < -0.4 is 0 Å². The quantitative estimate of drug-likeness (QED) is 0.495. The van der Waals surface area contributed by atoms with Gasteiger partial charge in [-0.3, -0.25) is 10.1 Å². The largest absolute Gasteiger partial charge is 0.308 e. The second-order valence-corrected chi connectivity index (χ2v) is 4.51. The van der Waals surface area contributed by atoms with Crippen molar-refractivity contribution in [3.63, 3.8) is 0 Å². The maximum Gasteiger partial charge on any atom is 0.308 e. The first-order chi connectivity index (χ1) is 8.52. The van der Waals surface area contributed by atoms with E-state index in [4.69, 9.17) is 11.6 Å².